The van der Waals surface area contributed by atoms with Crippen LogP contribution in [-0.4, -0.2) is 38.8 Å². The second kappa shape index (κ2) is 12.5. The summed E-state index contributed by atoms with van der Waals surface area (Å²) in [5.41, 5.74) is 5.92. The van der Waals surface area contributed by atoms with E-state index in [-0.39, 0.29) is 6.29 Å². The Morgan fingerprint density at radius 1 is 1.19 bits per heavy atom. The van der Waals surface area contributed by atoms with Gasteiger partial charge in [0.25, 0.3) is 0 Å². The van der Waals surface area contributed by atoms with Gasteiger partial charge in [0.1, 0.15) is 14.2 Å². The normalized spacial score (nSPS) is 20.5. The summed E-state index contributed by atoms with van der Waals surface area (Å²) in [6, 6.07) is 0. The number of hydrogen-bond donors (Lipinski definition) is 1. The second-order valence-electron chi connectivity index (χ2n) is 8.34. The molecule has 1 saturated heterocycles. The Labute approximate surface area is 161 Å². The average Bonchev–Trinajstić information content (AvgIpc) is 2.58. The fourth-order valence-electron chi connectivity index (χ4n) is 2.63. The van der Waals surface area contributed by atoms with E-state index >= 15 is 0 Å². The summed E-state index contributed by atoms with van der Waals surface area (Å²) < 4.78 is 11.3. The van der Waals surface area contributed by atoms with E-state index in [9.17, 15) is 5.11 Å². The molecule has 0 aliphatic carbocycles. The molecule has 2 atom stereocenters. The SMILES string of the molecule is CC(=CCOC1CCCCO1)CCC=C(C)CCC(O)C#C[Si](C)(C)C. The molecule has 3 nitrogen and oxygen atoms in total. The van der Waals surface area contributed by atoms with Crippen LogP contribution in [0.3, 0.4) is 0 Å². The number of allylic oxidation sites excluding steroid dienone is 3. The van der Waals surface area contributed by atoms with Gasteiger partial charge >= 0.3 is 0 Å². The van der Waals surface area contributed by atoms with Crippen molar-refractivity contribution >= 4 is 8.07 Å². The van der Waals surface area contributed by atoms with Gasteiger partial charge in [0.05, 0.1) is 6.61 Å². The lowest BCUT2D eigenvalue weighted by atomic mass is 10.1. The molecule has 1 fully saturated rings. The third-order valence-electron chi connectivity index (χ3n) is 4.31. The molecule has 1 heterocycles. The molecule has 1 rings (SSSR count). The molecule has 1 aliphatic heterocycles. The molecule has 0 radical (unpaired) electrons. The van der Waals surface area contributed by atoms with Gasteiger partial charge in [0.2, 0.25) is 0 Å². The second-order valence-corrected chi connectivity index (χ2v) is 13.1. The first kappa shape index (κ1) is 23.2. The number of aliphatic hydroxyl groups excluding tert-OH is 1. The van der Waals surface area contributed by atoms with Gasteiger partial charge in [-0.15, -0.1) is 5.54 Å². The Balaban J connectivity index is 2.20. The molecule has 148 valence electrons. The average molecular weight is 379 g/mol. The van der Waals surface area contributed by atoms with Crippen molar-refractivity contribution in [2.75, 3.05) is 13.2 Å². The van der Waals surface area contributed by atoms with E-state index in [4.69, 9.17) is 9.47 Å². The van der Waals surface area contributed by atoms with Crippen LogP contribution in [0.4, 0.5) is 0 Å². The molecule has 4 heteroatoms. The summed E-state index contributed by atoms with van der Waals surface area (Å²) in [4.78, 5) is 0. The third-order valence-corrected chi connectivity index (χ3v) is 5.20. The fraction of sp³-hybridized carbons (Fsp3) is 0.727. The van der Waals surface area contributed by atoms with E-state index in [1.807, 2.05) is 0 Å². The van der Waals surface area contributed by atoms with E-state index in [2.05, 4.69) is 57.1 Å². The van der Waals surface area contributed by atoms with Crippen LogP contribution < -0.4 is 0 Å². The van der Waals surface area contributed by atoms with Crippen molar-refractivity contribution in [2.45, 2.75) is 90.8 Å². The van der Waals surface area contributed by atoms with Crippen molar-refractivity contribution in [1.29, 1.82) is 0 Å². The number of ether oxygens (including phenoxy) is 2. The zero-order valence-electron chi connectivity index (χ0n) is 17.4. The van der Waals surface area contributed by atoms with E-state index in [1.165, 1.54) is 17.6 Å². The highest BCUT2D eigenvalue weighted by molar-refractivity contribution is 6.83. The van der Waals surface area contributed by atoms with Crippen LogP contribution in [0.1, 0.15) is 58.8 Å². The van der Waals surface area contributed by atoms with Crippen LogP contribution >= 0.6 is 0 Å². The molecule has 1 aliphatic rings. The maximum atomic E-state index is 9.97. The van der Waals surface area contributed by atoms with Crippen molar-refractivity contribution in [3.05, 3.63) is 23.3 Å². The molecule has 2 unspecified atom stereocenters. The van der Waals surface area contributed by atoms with Crippen molar-refractivity contribution in [1.82, 2.24) is 0 Å². The smallest absolute Gasteiger partial charge is 0.157 e. The molecule has 1 N–H and O–H groups in total. The Kier molecular flexibility index (Phi) is 11.2. The van der Waals surface area contributed by atoms with Gasteiger partial charge in [0, 0.05) is 6.61 Å². The highest BCUT2D eigenvalue weighted by Crippen LogP contribution is 2.15. The van der Waals surface area contributed by atoms with E-state index in [0.29, 0.717) is 6.61 Å². The largest absolute Gasteiger partial charge is 0.380 e. The van der Waals surface area contributed by atoms with Crippen LogP contribution in [0.5, 0.6) is 0 Å². The summed E-state index contributed by atoms with van der Waals surface area (Å²) >= 11 is 0. The third kappa shape index (κ3) is 12.5. The van der Waals surface area contributed by atoms with Crippen LogP contribution in [0.25, 0.3) is 0 Å². The quantitative estimate of drug-likeness (QED) is 0.339. The molecule has 0 aromatic carbocycles. The van der Waals surface area contributed by atoms with Crippen LogP contribution in [0.2, 0.25) is 19.6 Å². The minimum Gasteiger partial charge on any atom is -0.380 e. The van der Waals surface area contributed by atoms with Crippen molar-refractivity contribution in [2.24, 2.45) is 0 Å². The van der Waals surface area contributed by atoms with E-state index < -0.39 is 14.2 Å². The van der Waals surface area contributed by atoms with Gasteiger partial charge < -0.3 is 14.6 Å². The first-order chi connectivity index (χ1) is 12.3. The zero-order valence-corrected chi connectivity index (χ0v) is 18.4. The fourth-order valence-corrected chi connectivity index (χ4v) is 3.23. The van der Waals surface area contributed by atoms with Gasteiger partial charge in [-0.05, 0) is 58.8 Å². The van der Waals surface area contributed by atoms with E-state index in [0.717, 1.165) is 45.1 Å². The molecule has 0 bridgehead atoms. The minimum atomic E-state index is -1.39. The van der Waals surface area contributed by atoms with E-state index in [1.54, 1.807) is 0 Å². The van der Waals surface area contributed by atoms with Gasteiger partial charge in [-0.25, -0.2) is 0 Å². The highest BCUT2D eigenvalue weighted by atomic mass is 28.3. The first-order valence-corrected chi connectivity index (χ1v) is 13.5. The van der Waals surface area contributed by atoms with Gasteiger partial charge in [-0.3, -0.25) is 0 Å². The molecule has 0 saturated carbocycles. The lowest BCUT2D eigenvalue weighted by Crippen LogP contribution is -2.22. The molecular formula is C22H38O3Si. The Morgan fingerprint density at radius 2 is 1.92 bits per heavy atom. The lowest BCUT2D eigenvalue weighted by Gasteiger charge is -2.22. The van der Waals surface area contributed by atoms with Crippen molar-refractivity contribution < 1.29 is 14.6 Å². The number of rotatable bonds is 9. The highest BCUT2D eigenvalue weighted by Gasteiger charge is 2.12. The minimum absolute atomic E-state index is 0.00887. The van der Waals surface area contributed by atoms with Crippen LogP contribution in [0.15, 0.2) is 23.3 Å². The molecular weight excluding hydrogens is 340 g/mol. The molecule has 0 amide bonds. The van der Waals surface area contributed by atoms with Crippen LogP contribution in [0, 0.1) is 11.5 Å². The van der Waals surface area contributed by atoms with Gasteiger partial charge in [-0.1, -0.05) is 48.9 Å². The number of aliphatic hydroxyl groups is 1. The van der Waals surface area contributed by atoms with Crippen molar-refractivity contribution in [3.63, 3.8) is 0 Å². The van der Waals surface area contributed by atoms with Crippen LogP contribution in [-0.2, 0) is 9.47 Å². The van der Waals surface area contributed by atoms with Crippen molar-refractivity contribution in [3.8, 4) is 11.5 Å². The summed E-state index contributed by atoms with van der Waals surface area (Å²) in [7, 11) is -1.39. The molecule has 0 spiro atoms. The summed E-state index contributed by atoms with van der Waals surface area (Å²) in [5.74, 6) is 3.01. The summed E-state index contributed by atoms with van der Waals surface area (Å²) in [6.45, 7) is 12.4. The predicted molar refractivity (Wildman–Crippen MR) is 113 cm³/mol. The Bertz CT molecular complexity index is 514. The number of hydrogen-bond acceptors (Lipinski definition) is 3. The predicted octanol–water partition coefficient (Wildman–Crippen LogP) is 5.22. The molecule has 0 aromatic heterocycles. The zero-order chi connectivity index (χ0) is 19.4. The summed E-state index contributed by atoms with van der Waals surface area (Å²) in [6.07, 6.45) is 11.0. The molecule has 0 aromatic rings. The maximum absolute atomic E-state index is 9.97. The maximum Gasteiger partial charge on any atom is 0.157 e. The summed E-state index contributed by atoms with van der Waals surface area (Å²) in [5, 5.41) is 9.97. The standard InChI is InChI=1S/C22H38O3Si/c1-19(12-13-21(23)15-18-26(3,4)5)9-8-10-20(2)14-17-25-22-11-6-7-16-24-22/h9,14,21-23H,6-8,10-13,16-17H2,1-5H3. The monoisotopic (exact) mass is 378 g/mol. The van der Waals surface area contributed by atoms with Gasteiger partial charge in [-0.2, -0.15) is 0 Å². The van der Waals surface area contributed by atoms with Gasteiger partial charge in [0.15, 0.2) is 6.29 Å². The molecule has 26 heavy (non-hydrogen) atoms. The Morgan fingerprint density at radius 3 is 2.58 bits per heavy atom. The Hall–Kier alpha value is -0.863. The lowest BCUT2D eigenvalue weighted by molar-refractivity contribution is -0.155. The topological polar surface area (TPSA) is 38.7 Å². The first-order valence-electron chi connectivity index (χ1n) is 10.0.